The second-order valence-corrected chi connectivity index (χ2v) is 15.9. The average Bonchev–Trinajstić information content (AvgIpc) is 3.18. The van der Waals surface area contributed by atoms with Crippen LogP contribution in [0.4, 0.5) is 0 Å². The number of carbonyl (C=O) groups excluding carboxylic acids is 2. The van der Waals surface area contributed by atoms with E-state index in [0.29, 0.717) is 12.8 Å². The summed E-state index contributed by atoms with van der Waals surface area (Å²) in [6.45, 7) is 3.10. The number of hydrogen-bond donors (Lipinski definition) is 6. The lowest BCUT2D eigenvalue weighted by atomic mass is 9.85. The molecule has 14 heteroatoms. The monoisotopic (exact) mass is 816 g/mol. The molecule has 0 radical (unpaired) electrons. The molecule has 1 aliphatic carbocycles. The highest BCUT2D eigenvalue weighted by molar-refractivity contribution is 7.47. The summed E-state index contributed by atoms with van der Waals surface area (Å²) in [7, 11) is -5.12. The molecule has 0 amide bonds. The van der Waals surface area contributed by atoms with Gasteiger partial charge in [-0.2, -0.15) is 0 Å². The number of hydrogen-bond acceptors (Lipinski definition) is 12. The molecule has 1 aliphatic rings. The van der Waals surface area contributed by atoms with E-state index in [1.54, 1.807) is 0 Å². The second-order valence-electron chi connectivity index (χ2n) is 14.5. The maximum Gasteiger partial charge on any atom is 0.472 e. The molecule has 1 saturated carbocycles. The minimum atomic E-state index is -5.12. The molecule has 6 N–H and O–H groups in total. The largest absolute Gasteiger partial charge is 0.472 e. The summed E-state index contributed by atoms with van der Waals surface area (Å²) in [5, 5.41) is 50.0. The molecule has 7 unspecified atom stereocenters. The molecule has 13 nitrogen and oxygen atoms in total. The van der Waals surface area contributed by atoms with E-state index < -0.39 is 75.7 Å². The third-order valence-corrected chi connectivity index (χ3v) is 10.5. The predicted molar refractivity (Wildman–Crippen MR) is 216 cm³/mol. The van der Waals surface area contributed by atoms with Crippen molar-refractivity contribution in [3.8, 4) is 0 Å². The Labute approximate surface area is 335 Å². The summed E-state index contributed by atoms with van der Waals surface area (Å²) < 4.78 is 33.4. The predicted octanol–water partition coefficient (Wildman–Crippen LogP) is 7.22. The summed E-state index contributed by atoms with van der Waals surface area (Å²) in [4.78, 5) is 35.5. The molecule has 56 heavy (non-hydrogen) atoms. The van der Waals surface area contributed by atoms with Gasteiger partial charge in [0.15, 0.2) is 6.10 Å². The van der Waals surface area contributed by atoms with Crippen LogP contribution in [0.5, 0.6) is 0 Å². The maximum absolute atomic E-state index is 12.8. The summed E-state index contributed by atoms with van der Waals surface area (Å²) in [5.41, 5.74) is 0. The molecule has 1 rings (SSSR count). The number of allylic oxidation sites excluding steroid dienone is 8. The van der Waals surface area contributed by atoms with Crippen molar-refractivity contribution in [3.63, 3.8) is 0 Å². The minimum Gasteiger partial charge on any atom is -0.462 e. The van der Waals surface area contributed by atoms with E-state index in [-0.39, 0.29) is 12.8 Å². The Morgan fingerprint density at radius 2 is 1.04 bits per heavy atom. The standard InChI is InChI=1S/C42H73O13P/c1-3-5-7-9-11-13-15-17-19-20-22-24-26-28-30-35(43)52-32-34(33-53-56(50,51)55-42-40(48)38(46)37(45)39(47)41(42)49)54-36(44)31-29-27-25-23-21-18-16-14-12-10-8-6-4-2/h6,8,10,12,14,16,19-20,34,37-42,45-49H,3-5,7,9,11,13,15,17-18,21-33H2,1-2H3,(H,50,51)/b8-6+,12-10+,16-14+,20-19+/t34?,37?,38-,39?,40?,41?,42?/m0/s1. The first kappa shape index (κ1) is 51.8. The number of phosphoric acid groups is 1. The molecule has 0 aromatic rings. The lowest BCUT2D eigenvalue weighted by Crippen LogP contribution is -2.64. The van der Waals surface area contributed by atoms with E-state index in [1.807, 2.05) is 24.3 Å². The molecule has 324 valence electrons. The van der Waals surface area contributed by atoms with E-state index in [1.165, 1.54) is 44.9 Å². The SMILES string of the molecule is CC/C=C/C=C/C=C/CCCCCCCC(=O)OC(COC(=O)CCCCC/C=C/CCCCCCCCC)COP(=O)(O)OC1C(O)C(O)C(O)[C@H](O)C1O. The molecular weight excluding hydrogens is 743 g/mol. The van der Waals surface area contributed by atoms with Gasteiger partial charge in [0, 0.05) is 12.8 Å². The number of rotatable bonds is 33. The molecule has 0 aromatic heterocycles. The van der Waals surface area contributed by atoms with Crippen LogP contribution in [0.3, 0.4) is 0 Å². The van der Waals surface area contributed by atoms with Crippen LogP contribution in [-0.2, 0) is 32.7 Å². The summed E-state index contributed by atoms with van der Waals surface area (Å²) >= 11 is 0. The molecule has 8 atom stereocenters. The van der Waals surface area contributed by atoms with E-state index in [4.69, 9.17) is 18.5 Å². The number of carbonyl (C=O) groups is 2. The Kier molecular flexibility index (Phi) is 30.3. The highest BCUT2D eigenvalue weighted by atomic mass is 31.2. The normalized spacial score (nSPS) is 23.4. The Morgan fingerprint density at radius 3 is 1.61 bits per heavy atom. The van der Waals surface area contributed by atoms with Crippen LogP contribution >= 0.6 is 7.82 Å². The quantitative estimate of drug-likeness (QED) is 0.0127. The van der Waals surface area contributed by atoms with Gasteiger partial charge in [0.2, 0.25) is 0 Å². The minimum absolute atomic E-state index is 0.0692. The van der Waals surface area contributed by atoms with Crippen molar-refractivity contribution in [3.05, 3.63) is 48.6 Å². The van der Waals surface area contributed by atoms with Crippen molar-refractivity contribution in [2.45, 2.75) is 191 Å². The van der Waals surface area contributed by atoms with Crippen molar-refractivity contribution in [1.82, 2.24) is 0 Å². The van der Waals surface area contributed by atoms with Gasteiger partial charge in [-0.25, -0.2) is 4.57 Å². The number of phosphoric ester groups is 1. The van der Waals surface area contributed by atoms with Gasteiger partial charge >= 0.3 is 19.8 Å². The number of aliphatic hydroxyl groups is 5. The second kappa shape index (κ2) is 32.7. The van der Waals surface area contributed by atoms with Gasteiger partial charge in [0.25, 0.3) is 0 Å². The van der Waals surface area contributed by atoms with Gasteiger partial charge in [0.05, 0.1) is 6.61 Å². The maximum atomic E-state index is 12.8. The van der Waals surface area contributed by atoms with Gasteiger partial charge in [-0.15, -0.1) is 0 Å². The van der Waals surface area contributed by atoms with Crippen LogP contribution in [0.15, 0.2) is 48.6 Å². The van der Waals surface area contributed by atoms with Crippen molar-refractivity contribution in [2.24, 2.45) is 0 Å². The smallest absolute Gasteiger partial charge is 0.462 e. The summed E-state index contributed by atoms with van der Waals surface area (Å²) in [5.74, 6) is -1.15. The average molecular weight is 817 g/mol. The first-order valence-electron chi connectivity index (χ1n) is 21.0. The number of unbranched alkanes of at least 4 members (excludes halogenated alkanes) is 15. The van der Waals surface area contributed by atoms with E-state index in [9.17, 15) is 44.6 Å². The van der Waals surface area contributed by atoms with Crippen LogP contribution in [0.25, 0.3) is 0 Å². The third kappa shape index (κ3) is 25.2. The fourth-order valence-corrected chi connectivity index (χ4v) is 7.02. The number of ether oxygens (including phenoxy) is 2. The van der Waals surface area contributed by atoms with E-state index in [2.05, 4.69) is 38.2 Å². The fraction of sp³-hybridized carbons (Fsp3) is 0.762. The molecule has 0 spiro atoms. The molecule has 0 saturated heterocycles. The van der Waals surface area contributed by atoms with Crippen molar-refractivity contribution in [1.29, 1.82) is 0 Å². The van der Waals surface area contributed by atoms with Crippen LogP contribution in [0.1, 0.15) is 149 Å². The van der Waals surface area contributed by atoms with Crippen molar-refractivity contribution < 1.29 is 63.1 Å². The molecular formula is C42H73O13P. The van der Waals surface area contributed by atoms with Gasteiger partial charge in [-0.05, 0) is 57.8 Å². The Hall–Kier alpha value is -2.19. The summed E-state index contributed by atoms with van der Waals surface area (Å²) in [6, 6.07) is 0. The highest BCUT2D eigenvalue weighted by Gasteiger charge is 2.51. The topological polar surface area (TPSA) is 210 Å². The van der Waals surface area contributed by atoms with Crippen LogP contribution < -0.4 is 0 Å². The molecule has 0 aliphatic heterocycles. The number of esters is 2. The van der Waals surface area contributed by atoms with Gasteiger partial charge < -0.3 is 39.9 Å². The van der Waals surface area contributed by atoms with Gasteiger partial charge in [-0.3, -0.25) is 18.6 Å². The number of aliphatic hydroxyl groups excluding tert-OH is 5. The van der Waals surface area contributed by atoms with Crippen LogP contribution in [-0.4, -0.2) is 98.3 Å². The molecule has 1 fully saturated rings. The van der Waals surface area contributed by atoms with Gasteiger partial charge in [0.1, 0.15) is 43.2 Å². The zero-order chi connectivity index (χ0) is 41.4. The molecule has 0 aromatic carbocycles. The fourth-order valence-electron chi connectivity index (χ4n) is 6.04. The van der Waals surface area contributed by atoms with Crippen molar-refractivity contribution in [2.75, 3.05) is 13.2 Å². The third-order valence-electron chi connectivity index (χ3n) is 9.47. The lowest BCUT2D eigenvalue weighted by molar-refractivity contribution is -0.220. The van der Waals surface area contributed by atoms with Crippen LogP contribution in [0, 0.1) is 0 Å². The highest BCUT2D eigenvalue weighted by Crippen LogP contribution is 2.47. The molecule has 0 heterocycles. The summed E-state index contributed by atoms with van der Waals surface area (Å²) in [6.07, 6.45) is 23.2. The zero-order valence-corrected chi connectivity index (χ0v) is 34.8. The van der Waals surface area contributed by atoms with Gasteiger partial charge in [-0.1, -0.05) is 127 Å². The first-order chi connectivity index (χ1) is 26.9. The van der Waals surface area contributed by atoms with E-state index >= 15 is 0 Å². The van der Waals surface area contributed by atoms with Crippen molar-refractivity contribution >= 4 is 19.8 Å². The zero-order valence-electron chi connectivity index (χ0n) is 33.9. The Bertz CT molecular complexity index is 1170. The van der Waals surface area contributed by atoms with Crippen LogP contribution in [0.2, 0.25) is 0 Å². The molecule has 0 bridgehead atoms. The Morgan fingerprint density at radius 1 is 0.571 bits per heavy atom. The Balaban J connectivity index is 2.53. The van der Waals surface area contributed by atoms with E-state index in [0.717, 1.165) is 64.2 Å². The lowest BCUT2D eigenvalue weighted by Gasteiger charge is -2.41. The first-order valence-corrected chi connectivity index (χ1v) is 22.5.